The molecule has 0 rings (SSSR count). The number of rotatable bonds is 12. The molecule has 2 N–H and O–H groups in total. The fraction of sp³-hybridized carbons (Fsp3) is 0.812. The molecule has 0 aromatic rings. The Hall–Kier alpha value is -1.92. The van der Waals surface area contributed by atoms with Crippen molar-refractivity contribution < 1.29 is 46.3 Å². The van der Waals surface area contributed by atoms with E-state index < -0.39 is 46.7 Å². The summed E-state index contributed by atoms with van der Waals surface area (Å²) in [7, 11) is -3.92. The van der Waals surface area contributed by atoms with Gasteiger partial charge in [0.15, 0.2) is 6.10 Å². The molecule has 0 aliphatic rings. The van der Waals surface area contributed by atoms with E-state index in [1.165, 1.54) is 27.7 Å². The molecule has 0 aliphatic heterocycles. The molecular formula is C16H29NO10S. The van der Waals surface area contributed by atoms with Crippen LogP contribution in [0.3, 0.4) is 0 Å². The molecule has 0 saturated heterocycles. The van der Waals surface area contributed by atoms with Gasteiger partial charge >= 0.3 is 12.1 Å². The van der Waals surface area contributed by atoms with Gasteiger partial charge in [-0.05, 0) is 13.3 Å². The van der Waals surface area contributed by atoms with E-state index in [4.69, 9.17) is 8.92 Å². The summed E-state index contributed by atoms with van der Waals surface area (Å²) < 4.78 is 42.6. The van der Waals surface area contributed by atoms with Crippen molar-refractivity contribution in [2.45, 2.75) is 53.4 Å². The quantitative estimate of drug-likeness (QED) is 0.192. The first kappa shape index (κ1) is 26.1. The van der Waals surface area contributed by atoms with Gasteiger partial charge in [0, 0.05) is 25.8 Å². The molecule has 0 spiro atoms. The molecular weight excluding hydrogens is 398 g/mol. The van der Waals surface area contributed by atoms with Crippen LogP contribution in [0.15, 0.2) is 0 Å². The molecule has 12 heteroatoms. The van der Waals surface area contributed by atoms with Crippen molar-refractivity contribution in [2.24, 2.45) is 5.41 Å². The standard InChI is InChI=1S/C16H29NO10S/c1-6-24-15(21)27-12(3)26-14(20)13(19)16(4,5)10-25-28(22,23)9-7-8-17-11(2)18/h12-13,19H,6-10H2,1-5H3,(H,17,18). The summed E-state index contributed by atoms with van der Waals surface area (Å²) in [6, 6.07) is 0. The number of carbonyl (C=O) groups is 3. The highest BCUT2D eigenvalue weighted by atomic mass is 32.2. The first-order chi connectivity index (χ1) is 12.8. The first-order valence-corrected chi connectivity index (χ1v) is 10.2. The molecule has 0 bridgehead atoms. The molecule has 2 atom stereocenters. The van der Waals surface area contributed by atoms with E-state index in [1.807, 2.05) is 0 Å². The number of aliphatic hydroxyl groups is 1. The van der Waals surface area contributed by atoms with Gasteiger partial charge in [0.25, 0.3) is 10.1 Å². The number of aliphatic hydroxyl groups excluding tert-OH is 1. The summed E-state index contributed by atoms with van der Waals surface area (Å²) >= 11 is 0. The number of esters is 1. The van der Waals surface area contributed by atoms with Gasteiger partial charge in [-0.2, -0.15) is 8.42 Å². The minimum Gasteiger partial charge on any atom is -0.435 e. The Morgan fingerprint density at radius 1 is 1.18 bits per heavy atom. The molecule has 1 amide bonds. The maximum atomic E-state index is 12.0. The van der Waals surface area contributed by atoms with Crippen molar-refractivity contribution in [3.63, 3.8) is 0 Å². The third-order valence-electron chi connectivity index (χ3n) is 3.33. The highest BCUT2D eigenvalue weighted by Crippen LogP contribution is 2.24. The van der Waals surface area contributed by atoms with Crippen LogP contribution in [0.25, 0.3) is 0 Å². The smallest absolute Gasteiger partial charge is 0.435 e. The Bertz CT molecular complexity index is 631. The van der Waals surface area contributed by atoms with Gasteiger partial charge in [-0.15, -0.1) is 0 Å². The predicted octanol–water partition coefficient (Wildman–Crippen LogP) is 0.308. The van der Waals surface area contributed by atoms with Crippen LogP contribution in [-0.4, -0.2) is 69.5 Å². The van der Waals surface area contributed by atoms with E-state index in [9.17, 15) is 27.9 Å². The van der Waals surface area contributed by atoms with Gasteiger partial charge < -0.3 is 24.6 Å². The lowest BCUT2D eigenvalue weighted by Gasteiger charge is -2.29. The van der Waals surface area contributed by atoms with Gasteiger partial charge in [0.1, 0.15) is 0 Å². The lowest BCUT2D eigenvalue weighted by Crippen LogP contribution is -2.43. The van der Waals surface area contributed by atoms with E-state index in [2.05, 4.69) is 14.8 Å². The zero-order chi connectivity index (χ0) is 22.0. The van der Waals surface area contributed by atoms with Crippen LogP contribution in [-0.2, 0) is 38.1 Å². The largest absolute Gasteiger partial charge is 0.511 e. The van der Waals surface area contributed by atoms with Crippen molar-refractivity contribution in [1.82, 2.24) is 5.32 Å². The van der Waals surface area contributed by atoms with Crippen LogP contribution >= 0.6 is 0 Å². The summed E-state index contributed by atoms with van der Waals surface area (Å²) in [5, 5.41) is 12.6. The zero-order valence-electron chi connectivity index (χ0n) is 16.7. The second-order valence-corrected chi connectivity index (χ2v) is 8.32. The predicted molar refractivity (Wildman–Crippen MR) is 96.5 cm³/mol. The maximum absolute atomic E-state index is 12.0. The molecule has 0 fully saturated rings. The highest BCUT2D eigenvalue weighted by molar-refractivity contribution is 7.86. The molecule has 0 heterocycles. The zero-order valence-corrected chi connectivity index (χ0v) is 17.5. The molecule has 164 valence electrons. The lowest BCUT2D eigenvalue weighted by molar-refractivity contribution is -0.184. The molecule has 0 aromatic carbocycles. The average Bonchev–Trinajstić information content (AvgIpc) is 2.56. The monoisotopic (exact) mass is 427 g/mol. The van der Waals surface area contributed by atoms with Crippen LogP contribution in [0.2, 0.25) is 0 Å². The topological polar surface area (TPSA) is 155 Å². The van der Waals surface area contributed by atoms with Gasteiger partial charge in [-0.25, -0.2) is 9.59 Å². The molecule has 0 radical (unpaired) electrons. The number of carbonyl (C=O) groups excluding carboxylic acids is 3. The fourth-order valence-corrected chi connectivity index (χ4v) is 2.85. The number of hydrogen-bond acceptors (Lipinski definition) is 10. The van der Waals surface area contributed by atoms with Crippen molar-refractivity contribution in [1.29, 1.82) is 0 Å². The number of ether oxygens (including phenoxy) is 3. The molecule has 28 heavy (non-hydrogen) atoms. The highest BCUT2D eigenvalue weighted by Gasteiger charge is 2.37. The molecule has 0 saturated carbocycles. The summed E-state index contributed by atoms with van der Waals surface area (Å²) in [5.74, 6) is -1.73. The average molecular weight is 427 g/mol. The second-order valence-electron chi connectivity index (χ2n) is 6.56. The van der Waals surface area contributed by atoms with E-state index in [-0.39, 0.29) is 31.2 Å². The lowest BCUT2D eigenvalue weighted by atomic mass is 9.88. The number of hydrogen-bond donors (Lipinski definition) is 2. The van der Waals surface area contributed by atoms with Crippen molar-refractivity contribution in [3.05, 3.63) is 0 Å². The number of amides is 1. The minimum absolute atomic E-state index is 0.0752. The molecule has 0 aliphatic carbocycles. The van der Waals surface area contributed by atoms with E-state index in [0.29, 0.717) is 0 Å². The van der Waals surface area contributed by atoms with E-state index in [0.717, 1.165) is 0 Å². The maximum Gasteiger partial charge on any atom is 0.511 e. The van der Waals surface area contributed by atoms with Crippen LogP contribution in [0.1, 0.15) is 41.0 Å². The third-order valence-corrected chi connectivity index (χ3v) is 4.59. The van der Waals surface area contributed by atoms with E-state index >= 15 is 0 Å². The molecule has 0 aromatic heterocycles. The summed E-state index contributed by atoms with van der Waals surface area (Å²) in [4.78, 5) is 33.9. The second kappa shape index (κ2) is 11.8. The molecule has 11 nitrogen and oxygen atoms in total. The van der Waals surface area contributed by atoms with Crippen molar-refractivity contribution in [2.75, 3.05) is 25.5 Å². The minimum atomic E-state index is -3.92. The van der Waals surface area contributed by atoms with Gasteiger partial charge in [-0.3, -0.25) is 8.98 Å². The van der Waals surface area contributed by atoms with Crippen molar-refractivity contribution in [3.8, 4) is 0 Å². The Kier molecular flexibility index (Phi) is 11.0. The molecule has 2 unspecified atom stereocenters. The van der Waals surface area contributed by atoms with Gasteiger partial charge in [-0.1, -0.05) is 13.8 Å². The third kappa shape index (κ3) is 11.0. The van der Waals surface area contributed by atoms with Crippen LogP contribution in [0.5, 0.6) is 0 Å². The van der Waals surface area contributed by atoms with Gasteiger partial charge in [0.2, 0.25) is 12.2 Å². The van der Waals surface area contributed by atoms with Gasteiger partial charge in [0.05, 0.1) is 19.0 Å². The summed E-state index contributed by atoms with van der Waals surface area (Å²) in [6.07, 6.45) is -3.94. The first-order valence-electron chi connectivity index (χ1n) is 8.64. The SMILES string of the molecule is CCOC(=O)OC(C)OC(=O)C(O)C(C)(C)COS(=O)(=O)CCCNC(C)=O. The normalized spacial score (nSPS) is 13.9. The van der Waals surface area contributed by atoms with E-state index in [1.54, 1.807) is 6.92 Å². The number of nitrogens with one attached hydrogen (secondary N) is 1. The summed E-state index contributed by atoms with van der Waals surface area (Å²) in [6.45, 7) is 6.71. The fourth-order valence-electron chi connectivity index (χ4n) is 1.75. The summed E-state index contributed by atoms with van der Waals surface area (Å²) in [5.41, 5.74) is -1.31. The Morgan fingerprint density at radius 2 is 1.79 bits per heavy atom. The Labute approximate surface area is 164 Å². The van der Waals surface area contributed by atoms with Crippen LogP contribution < -0.4 is 5.32 Å². The Morgan fingerprint density at radius 3 is 2.32 bits per heavy atom. The Balaban J connectivity index is 4.55. The van der Waals surface area contributed by atoms with Crippen molar-refractivity contribution >= 4 is 28.1 Å². The van der Waals surface area contributed by atoms with Crippen LogP contribution in [0.4, 0.5) is 4.79 Å². The van der Waals surface area contributed by atoms with Crippen LogP contribution in [0, 0.1) is 5.41 Å².